The first-order valence-electron chi connectivity index (χ1n) is 5.66. The maximum atomic E-state index is 11.8. The summed E-state index contributed by atoms with van der Waals surface area (Å²) < 4.78 is 10.7. The number of aliphatic hydroxyl groups excluding tert-OH is 2. The number of furan rings is 1. The van der Waals surface area contributed by atoms with Gasteiger partial charge in [0.15, 0.2) is 11.5 Å². The first kappa shape index (κ1) is 12.7. The minimum atomic E-state index is -0.278. The standard InChI is InChI=1S/C12H15NO5/c1-8-7-17-12-9(16)6-10(18-11(8)12)13(2-4-14)3-5-15/h6-7,14-15H,2-5H2,1H3. The summed E-state index contributed by atoms with van der Waals surface area (Å²) in [7, 11) is 0. The Labute approximate surface area is 103 Å². The molecule has 0 aliphatic carbocycles. The van der Waals surface area contributed by atoms with E-state index >= 15 is 0 Å². The summed E-state index contributed by atoms with van der Waals surface area (Å²) in [6.45, 7) is 2.16. The van der Waals surface area contributed by atoms with Gasteiger partial charge in [-0.15, -0.1) is 0 Å². The zero-order valence-corrected chi connectivity index (χ0v) is 10.0. The lowest BCUT2D eigenvalue weighted by Gasteiger charge is -2.20. The highest BCUT2D eigenvalue weighted by Gasteiger charge is 2.14. The molecular weight excluding hydrogens is 238 g/mol. The highest BCUT2D eigenvalue weighted by atomic mass is 16.4. The third-order valence-corrected chi connectivity index (χ3v) is 2.65. The fourth-order valence-corrected chi connectivity index (χ4v) is 1.77. The molecule has 0 aliphatic heterocycles. The normalized spacial score (nSPS) is 11.1. The van der Waals surface area contributed by atoms with Gasteiger partial charge in [-0.05, 0) is 6.92 Å². The Bertz CT molecular complexity index is 580. The number of aryl methyl sites for hydroxylation is 1. The second-order valence-corrected chi connectivity index (χ2v) is 3.96. The Morgan fingerprint density at radius 1 is 1.22 bits per heavy atom. The van der Waals surface area contributed by atoms with Gasteiger partial charge in [0, 0.05) is 18.7 Å². The fraction of sp³-hybridized carbons (Fsp3) is 0.417. The van der Waals surface area contributed by atoms with Crippen LogP contribution in [0.2, 0.25) is 0 Å². The molecule has 0 bridgehead atoms. The second kappa shape index (κ2) is 5.24. The summed E-state index contributed by atoms with van der Waals surface area (Å²) in [6.07, 6.45) is 1.46. The van der Waals surface area contributed by atoms with E-state index in [1.807, 2.05) is 0 Å². The Hall–Kier alpha value is -1.79. The van der Waals surface area contributed by atoms with Crippen molar-refractivity contribution >= 4 is 17.1 Å². The van der Waals surface area contributed by atoms with E-state index < -0.39 is 0 Å². The van der Waals surface area contributed by atoms with E-state index in [4.69, 9.17) is 19.0 Å². The van der Waals surface area contributed by atoms with Crippen LogP contribution in [0.15, 0.2) is 26.0 Å². The zero-order valence-electron chi connectivity index (χ0n) is 10.0. The molecule has 2 aromatic rings. The average Bonchev–Trinajstić information content (AvgIpc) is 2.72. The number of anilines is 1. The Balaban J connectivity index is 2.49. The van der Waals surface area contributed by atoms with Crippen molar-refractivity contribution in [2.24, 2.45) is 0 Å². The van der Waals surface area contributed by atoms with Crippen LogP contribution in [0.25, 0.3) is 11.2 Å². The predicted octanol–water partition coefficient (Wildman–Crippen LogP) is 0.485. The minimum Gasteiger partial charge on any atom is -0.456 e. The molecule has 2 heterocycles. The molecule has 0 fully saturated rings. The third kappa shape index (κ3) is 2.25. The molecule has 0 radical (unpaired) electrons. The first-order valence-corrected chi connectivity index (χ1v) is 5.66. The van der Waals surface area contributed by atoms with Gasteiger partial charge in [-0.1, -0.05) is 0 Å². The van der Waals surface area contributed by atoms with Crippen molar-refractivity contribution in [3.05, 3.63) is 28.1 Å². The molecule has 6 heteroatoms. The number of hydrogen-bond donors (Lipinski definition) is 2. The van der Waals surface area contributed by atoms with E-state index in [0.717, 1.165) is 5.56 Å². The summed E-state index contributed by atoms with van der Waals surface area (Å²) >= 11 is 0. The van der Waals surface area contributed by atoms with Gasteiger partial charge in [-0.2, -0.15) is 0 Å². The number of hydrogen-bond acceptors (Lipinski definition) is 6. The van der Waals surface area contributed by atoms with Crippen LogP contribution < -0.4 is 10.3 Å². The lowest BCUT2D eigenvalue weighted by atomic mass is 10.3. The smallest absolute Gasteiger partial charge is 0.230 e. The molecule has 6 nitrogen and oxygen atoms in total. The number of fused-ring (bicyclic) bond motifs is 1. The van der Waals surface area contributed by atoms with Crippen LogP contribution in [0.5, 0.6) is 0 Å². The third-order valence-electron chi connectivity index (χ3n) is 2.65. The van der Waals surface area contributed by atoms with E-state index in [1.54, 1.807) is 11.8 Å². The second-order valence-electron chi connectivity index (χ2n) is 3.96. The van der Waals surface area contributed by atoms with Crippen LogP contribution >= 0.6 is 0 Å². The van der Waals surface area contributed by atoms with E-state index in [1.165, 1.54) is 12.3 Å². The molecular formula is C12H15NO5. The van der Waals surface area contributed by atoms with Crippen molar-refractivity contribution in [3.8, 4) is 0 Å². The van der Waals surface area contributed by atoms with Gasteiger partial charge in [0.1, 0.15) is 0 Å². The molecule has 0 aliphatic rings. The monoisotopic (exact) mass is 253 g/mol. The maximum absolute atomic E-state index is 11.8. The van der Waals surface area contributed by atoms with E-state index in [0.29, 0.717) is 11.5 Å². The van der Waals surface area contributed by atoms with E-state index in [9.17, 15) is 4.79 Å². The van der Waals surface area contributed by atoms with Gasteiger partial charge < -0.3 is 23.9 Å². The molecule has 0 saturated carbocycles. The predicted molar refractivity (Wildman–Crippen MR) is 65.9 cm³/mol. The quantitative estimate of drug-likeness (QED) is 0.806. The van der Waals surface area contributed by atoms with E-state index in [2.05, 4.69) is 0 Å². The lowest BCUT2D eigenvalue weighted by molar-refractivity contribution is 0.277. The molecule has 0 atom stereocenters. The lowest BCUT2D eigenvalue weighted by Crippen LogP contribution is -2.30. The van der Waals surface area contributed by atoms with Crippen LogP contribution in [0.4, 0.5) is 5.88 Å². The van der Waals surface area contributed by atoms with Crippen molar-refractivity contribution in [1.82, 2.24) is 0 Å². The largest absolute Gasteiger partial charge is 0.456 e. The van der Waals surface area contributed by atoms with Gasteiger partial charge in [-0.25, -0.2) is 0 Å². The summed E-state index contributed by atoms with van der Waals surface area (Å²) in [6, 6.07) is 1.30. The maximum Gasteiger partial charge on any atom is 0.230 e. The first-order chi connectivity index (χ1) is 8.67. The van der Waals surface area contributed by atoms with Crippen LogP contribution in [-0.2, 0) is 0 Å². The van der Waals surface area contributed by atoms with Crippen molar-refractivity contribution in [1.29, 1.82) is 0 Å². The molecule has 0 spiro atoms. The van der Waals surface area contributed by atoms with Crippen LogP contribution in [0, 0.1) is 6.92 Å². The van der Waals surface area contributed by atoms with Crippen molar-refractivity contribution < 1.29 is 19.0 Å². The highest BCUT2D eigenvalue weighted by molar-refractivity contribution is 5.75. The molecule has 18 heavy (non-hydrogen) atoms. The van der Waals surface area contributed by atoms with Crippen LogP contribution in [-0.4, -0.2) is 36.5 Å². The van der Waals surface area contributed by atoms with E-state index in [-0.39, 0.29) is 37.3 Å². The Kier molecular flexibility index (Phi) is 3.69. The Morgan fingerprint density at radius 3 is 2.50 bits per heavy atom. The Morgan fingerprint density at radius 2 is 1.89 bits per heavy atom. The molecule has 2 rings (SSSR count). The summed E-state index contributed by atoms with van der Waals surface area (Å²) in [5, 5.41) is 17.9. The summed E-state index contributed by atoms with van der Waals surface area (Å²) in [5.74, 6) is 0.320. The number of nitrogens with zero attached hydrogens (tertiary/aromatic N) is 1. The molecule has 2 N–H and O–H groups in total. The fourth-order valence-electron chi connectivity index (χ4n) is 1.77. The number of aliphatic hydroxyl groups is 2. The number of rotatable bonds is 5. The van der Waals surface area contributed by atoms with Crippen LogP contribution in [0.3, 0.4) is 0 Å². The topological polar surface area (TPSA) is 87.1 Å². The van der Waals surface area contributed by atoms with Gasteiger partial charge >= 0.3 is 0 Å². The molecule has 0 amide bonds. The minimum absolute atomic E-state index is 0.0912. The van der Waals surface area contributed by atoms with Gasteiger partial charge in [0.25, 0.3) is 0 Å². The van der Waals surface area contributed by atoms with Gasteiger partial charge in [-0.3, -0.25) is 4.79 Å². The van der Waals surface area contributed by atoms with Crippen molar-refractivity contribution in [2.75, 3.05) is 31.2 Å². The molecule has 2 aromatic heterocycles. The van der Waals surface area contributed by atoms with Crippen LogP contribution in [0.1, 0.15) is 5.56 Å². The zero-order chi connectivity index (χ0) is 13.1. The van der Waals surface area contributed by atoms with Crippen molar-refractivity contribution in [3.63, 3.8) is 0 Å². The van der Waals surface area contributed by atoms with Gasteiger partial charge in [0.05, 0.1) is 25.5 Å². The summed E-state index contributed by atoms with van der Waals surface area (Å²) in [4.78, 5) is 13.4. The summed E-state index contributed by atoms with van der Waals surface area (Å²) in [5.41, 5.74) is 1.04. The van der Waals surface area contributed by atoms with Gasteiger partial charge in [0.2, 0.25) is 11.0 Å². The van der Waals surface area contributed by atoms with Crippen molar-refractivity contribution in [2.45, 2.75) is 6.92 Å². The molecule has 0 unspecified atom stereocenters. The highest BCUT2D eigenvalue weighted by Crippen LogP contribution is 2.22. The molecule has 0 aromatic carbocycles. The molecule has 0 saturated heterocycles. The average molecular weight is 253 g/mol. The molecule has 98 valence electrons. The SMILES string of the molecule is Cc1coc2c(=O)cc(N(CCO)CCO)oc12.